The standard InChI is InChI=1S/C12H20N5O12P3/c1-6-3-7(4-26-31(21,22)29-32(23,24)28-30(19,20)25-2)27-11(6)17-5-14-8-9(17)15-12(13)16-10(8)18/h5-7,11H,3-4H2,1-2H3,(H,19,20)(H,21,22)(H,23,24)(H3,13,15,16,18). The summed E-state index contributed by atoms with van der Waals surface area (Å²) in [5, 5.41) is 0. The quantitative estimate of drug-likeness (QED) is 0.285. The van der Waals surface area contributed by atoms with E-state index < -0.39 is 48.0 Å². The van der Waals surface area contributed by atoms with Crippen molar-refractivity contribution in [2.45, 2.75) is 25.7 Å². The van der Waals surface area contributed by atoms with Crippen LogP contribution in [0.1, 0.15) is 19.6 Å². The highest BCUT2D eigenvalue weighted by Crippen LogP contribution is 2.67. The number of phosphoric ester groups is 2. The second-order valence-electron chi connectivity index (χ2n) is 6.68. The number of rotatable bonds is 9. The summed E-state index contributed by atoms with van der Waals surface area (Å²) in [5.74, 6) is -0.318. The molecule has 6 unspecified atom stereocenters. The van der Waals surface area contributed by atoms with Crippen LogP contribution in [0.4, 0.5) is 5.95 Å². The van der Waals surface area contributed by atoms with Crippen LogP contribution in [0.5, 0.6) is 0 Å². The first-order valence-electron chi connectivity index (χ1n) is 8.71. The van der Waals surface area contributed by atoms with E-state index in [1.54, 1.807) is 6.92 Å². The van der Waals surface area contributed by atoms with Gasteiger partial charge in [0.15, 0.2) is 11.2 Å². The van der Waals surface area contributed by atoms with Gasteiger partial charge in [-0.05, 0) is 6.42 Å². The van der Waals surface area contributed by atoms with Gasteiger partial charge in [0.2, 0.25) is 5.95 Å². The van der Waals surface area contributed by atoms with E-state index in [0.29, 0.717) is 13.5 Å². The number of nitrogens with one attached hydrogen (secondary N) is 1. The predicted octanol–water partition coefficient (Wildman–Crippen LogP) is 0.623. The predicted molar refractivity (Wildman–Crippen MR) is 105 cm³/mol. The van der Waals surface area contributed by atoms with Crippen LogP contribution < -0.4 is 11.3 Å². The molecule has 32 heavy (non-hydrogen) atoms. The number of nitrogens with zero attached hydrogens (tertiary/aromatic N) is 3. The molecule has 3 heterocycles. The number of aromatic amines is 1. The van der Waals surface area contributed by atoms with Crippen molar-refractivity contribution in [1.82, 2.24) is 19.5 Å². The molecule has 180 valence electrons. The van der Waals surface area contributed by atoms with E-state index in [9.17, 15) is 28.3 Å². The van der Waals surface area contributed by atoms with Crippen LogP contribution in [0.3, 0.4) is 0 Å². The molecule has 6 N–H and O–H groups in total. The zero-order valence-electron chi connectivity index (χ0n) is 16.5. The number of fused-ring (bicyclic) bond motifs is 1. The Morgan fingerprint density at radius 2 is 1.91 bits per heavy atom. The molecule has 0 spiro atoms. The zero-order chi connectivity index (χ0) is 23.9. The molecule has 0 aromatic carbocycles. The van der Waals surface area contributed by atoms with Gasteiger partial charge in [0.1, 0.15) is 6.23 Å². The van der Waals surface area contributed by atoms with E-state index in [1.165, 1.54) is 10.9 Å². The Morgan fingerprint density at radius 3 is 2.56 bits per heavy atom. The highest BCUT2D eigenvalue weighted by Gasteiger charge is 2.43. The molecule has 2 aromatic rings. The maximum atomic E-state index is 12.0. The molecule has 20 heteroatoms. The van der Waals surface area contributed by atoms with Gasteiger partial charge in [-0.3, -0.25) is 23.4 Å². The molecular formula is C12H20N5O12P3. The third kappa shape index (κ3) is 5.90. The monoisotopic (exact) mass is 519 g/mol. The van der Waals surface area contributed by atoms with Crippen molar-refractivity contribution in [3.05, 3.63) is 16.7 Å². The van der Waals surface area contributed by atoms with Crippen LogP contribution in [0.15, 0.2) is 11.1 Å². The van der Waals surface area contributed by atoms with Crippen molar-refractivity contribution in [2.24, 2.45) is 5.92 Å². The molecule has 0 radical (unpaired) electrons. The number of anilines is 1. The Bertz CT molecular complexity index is 1200. The minimum atomic E-state index is -5.50. The third-order valence-electron chi connectivity index (χ3n) is 4.25. The minimum Gasteiger partial charge on any atom is -0.369 e. The maximum absolute atomic E-state index is 12.0. The van der Waals surface area contributed by atoms with Gasteiger partial charge in [-0.15, -0.1) is 0 Å². The Balaban J connectivity index is 1.66. The second-order valence-corrected chi connectivity index (χ2v) is 11.4. The number of imidazole rings is 1. The number of hydrogen-bond donors (Lipinski definition) is 5. The summed E-state index contributed by atoms with van der Waals surface area (Å²) in [4.78, 5) is 50.3. The Kier molecular flexibility index (Phi) is 7.11. The molecule has 6 atom stereocenters. The Hall–Kier alpha value is -1.48. The van der Waals surface area contributed by atoms with Crippen LogP contribution in [-0.4, -0.2) is 54.0 Å². The summed E-state index contributed by atoms with van der Waals surface area (Å²) in [6.45, 7) is 1.24. The van der Waals surface area contributed by atoms with Crippen LogP contribution in [0.2, 0.25) is 0 Å². The van der Waals surface area contributed by atoms with Crippen molar-refractivity contribution < 1.29 is 50.8 Å². The summed E-state index contributed by atoms with van der Waals surface area (Å²) in [6.07, 6.45) is 0.179. The number of phosphoric acid groups is 3. The number of hydrogen-bond acceptors (Lipinski definition) is 12. The first kappa shape index (κ1) is 25.1. The van der Waals surface area contributed by atoms with Gasteiger partial charge < -0.3 is 25.2 Å². The number of ether oxygens (including phenoxy) is 1. The van der Waals surface area contributed by atoms with Crippen molar-refractivity contribution in [3.8, 4) is 0 Å². The SMILES string of the molecule is COP(=O)(O)OP(=O)(O)OP(=O)(O)OCC1CC(C)C(n2cnc3c(=O)[nH]c(N)nc32)O1. The first-order chi connectivity index (χ1) is 14.7. The number of nitrogens with two attached hydrogens (primary N) is 1. The molecule has 0 aliphatic carbocycles. The highest BCUT2D eigenvalue weighted by molar-refractivity contribution is 7.66. The highest BCUT2D eigenvalue weighted by atomic mass is 31.3. The summed E-state index contributed by atoms with van der Waals surface area (Å²) >= 11 is 0. The smallest absolute Gasteiger partial charge is 0.369 e. The molecule has 0 bridgehead atoms. The summed E-state index contributed by atoms with van der Waals surface area (Å²) in [6, 6.07) is 0. The van der Waals surface area contributed by atoms with Crippen molar-refractivity contribution >= 4 is 40.6 Å². The average Bonchev–Trinajstić information content (AvgIpc) is 3.21. The third-order valence-corrected chi connectivity index (χ3v) is 8.48. The van der Waals surface area contributed by atoms with E-state index in [1.807, 2.05) is 0 Å². The van der Waals surface area contributed by atoms with Crippen LogP contribution in [0.25, 0.3) is 11.2 Å². The average molecular weight is 519 g/mol. The fraction of sp³-hybridized carbons (Fsp3) is 0.583. The fourth-order valence-electron chi connectivity index (χ4n) is 3.00. The van der Waals surface area contributed by atoms with Gasteiger partial charge in [-0.1, -0.05) is 6.92 Å². The van der Waals surface area contributed by atoms with Crippen LogP contribution in [0, 0.1) is 5.92 Å². The molecule has 0 saturated carbocycles. The molecule has 1 aliphatic rings. The Morgan fingerprint density at radius 1 is 1.25 bits per heavy atom. The summed E-state index contributed by atoms with van der Waals surface area (Å²) in [7, 11) is -15.0. The number of H-pyrrole nitrogens is 1. The number of nitrogen functional groups attached to an aromatic ring is 1. The molecule has 0 amide bonds. The minimum absolute atomic E-state index is 0.0406. The molecule has 1 aliphatic heterocycles. The van der Waals surface area contributed by atoms with E-state index >= 15 is 0 Å². The lowest BCUT2D eigenvalue weighted by atomic mass is 10.1. The molecule has 2 aromatic heterocycles. The second kappa shape index (κ2) is 9.05. The largest absolute Gasteiger partial charge is 0.490 e. The first-order valence-corrected chi connectivity index (χ1v) is 13.2. The van der Waals surface area contributed by atoms with E-state index in [0.717, 1.165) is 0 Å². The van der Waals surface area contributed by atoms with Crippen LogP contribution >= 0.6 is 23.5 Å². The van der Waals surface area contributed by atoms with Crippen molar-refractivity contribution in [3.63, 3.8) is 0 Å². The topological polar surface area (TPSA) is 248 Å². The van der Waals surface area contributed by atoms with E-state index in [-0.39, 0.29) is 23.0 Å². The van der Waals surface area contributed by atoms with Gasteiger partial charge in [0, 0.05) is 13.0 Å². The molecule has 1 fully saturated rings. The normalized spacial score (nSPS) is 27.1. The van der Waals surface area contributed by atoms with Gasteiger partial charge in [-0.25, -0.2) is 18.7 Å². The molecule has 3 rings (SSSR count). The van der Waals surface area contributed by atoms with E-state index in [2.05, 4.69) is 32.6 Å². The molecule has 17 nitrogen and oxygen atoms in total. The lowest BCUT2D eigenvalue weighted by molar-refractivity contribution is -0.0290. The maximum Gasteiger partial charge on any atom is 0.490 e. The van der Waals surface area contributed by atoms with Gasteiger partial charge in [0.25, 0.3) is 5.56 Å². The van der Waals surface area contributed by atoms with E-state index in [4.69, 9.17) is 15.4 Å². The van der Waals surface area contributed by atoms with Gasteiger partial charge >= 0.3 is 23.5 Å². The fourth-order valence-corrected chi connectivity index (χ4v) is 6.29. The van der Waals surface area contributed by atoms with Gasteiger partial charge in [0.05, 0.1) is 19.0 Å². The molecular weight excluding hydrogens is 499 g/mol. The van der Waals surface area contributed by atoms with Gasteiger partial charge in [-0.2, -0.15) is 13.6 Å². The zero-order valence-corrected chi connectivity index (χ0v) is 19.2. The Labute approximate surface area is 179 Å². The number of aromatic nitrogens is 4. The van der Waals surface area contributed by atoms with Crippen LogP contribution in [-0.2, 0) is 36.1 Å². The lowest BCUT2D eigenvalue weighted by Gasteiger charge is -2.19. The van der Waals surface area contributed by atoms with Crippen molar-refractivity contribution in [1.29, 1.82) is 0 Å². The lowest BCUT2D eigenvalue weighted by Crippen LogP contribution is -2.18. The summed E-state index contributed by atoms with van der Waals surface area (Å²) < 4.78 is 58.4. The summed E-state index contributed by atoms with van der Waals surface area (Å²) in [5.41, 5.74) is 5.25. The molecule has 1 saturated heterocycles. The van der Waals surface area contributed by atoms with Crippen molar-refractivity contribution in [2.75, 3.05) is 19.5 Å².